The monoisotopic (exact) mass is 414 g/mol. The Balaban J connectivity index is 1.37. The Morgan fingerprint density at radius 3 is 2.66 bits per heavy atom. The average molecular weight is 415 g/mol. The molecule has 1 aliphatic rings. The standard InChI is InChI=1S/C24H31ClN2O2/c1-18(2)22-8-3-4-9-23(22)29-15-12-26-24(28)20-10-13-27(14-11-20)17-19-6-5-7-21(25)16-19/h3-9,16,18,20H,10-15,17H2,1-2H3,(H,26,28). The summed E-state index contributed by atoms with van der Waals surface area (Å²) in [6, 6.07) is 16.1. The van der Waals surface area contributed by atoms with Crippen LogP contribution in [0.5, 0.6) is 5.75 Å². The van der Waals surface area contributed by atoms with Gasteiger partial charge in [-0.15, -0.1) is 0 Å². The fourth-order valence-electron chi connectivity index (χ4n) is 3.82. The Bertz CT molecular complexity index is 801. The smallest absolute Gasteiger partial charge is 0.223 e. The molecule has 1 aliphatic heterocycles. The number of para-hydroxylation sites is 1. The lowest BCUT2D eigenvalue weighted by molar-refractivity contribution is -0.126. The Labute approximate surface area is 179 Å². The molecule has 1 heterocycles. The number of nitrogens with one attached hydrogen (secondary N) is 1. The summed E-state index contributed by atoms with van der Waals surface area (Å²) >= 11 is 6.07. The van der Waals surface area contributed by atoms with Crippen molar-refractivity contribution in [2.45, 2.75) is 39.2 Å². The predicted octanol–water partition coefficient (Wildman–Crippen LogP) is 4.87. The minimum atomic E-state index is 0.0913. The molecule has 0 saturated carbocycles. The van der Waals surface area contributed by atoms with Crippen LogP contribution in [0.1, 0.15) is 43.7 Å². The Hall–Kier alpha value is -2.04. The summed E-state index contributed by atoms with van der Waals surface area (Å²) in [5, 5.41) is 3.82. The van der Waals surface area contributed by atoms with Gasteiger partial charge in [-0.25, -0.2) is 0 Å². The highest BCUT2D eigenvalue weighted by molar-refractivity contribution is 6.30. The first kappa shape index (κ1) is 21.7. The van der Waals surface area contributed by atoms with Crippen LogP contribution in [0.15, 0.2) is 48.5 Å². The number of halogens is 1. The van der Waals surface area contributed by atoms with Gasteiger partial charge in [0.1, 0.15) is 12.4 Å². The highest BCUT2D eigenvalue weighted by atomic mass is 35.5. The molecule has 1 N–H and O–H groups in total. The molecular formula is C24H31ClN2O2. The third-order valence-corrected chi connectivity index (χ3v) is 5.69. The number of rotatable bonds is 8. The van der Waals surface area contributed by atoms with Crippen LogP contribution in [0.25, 0.3) is 0 Å². The van der Waals surface area contributed by atoms with Crippen LogP contribution in [0.3, 0.4) is 0 Å². The Morgan fingerprint density at radius 2 is 1.93 bits per heavy atom. The lowest BCUT2D eigenvalue weighted by atomic mass is 9.95. The zero-order valence-electron chi connectivity index (χ0n) is 17.4. The minimum absolute atomic E-state index is 0.0913. The second-order valence-electron chi connectivity index (χ2n) is 8.01. The molecule has 156 valence electrons. The van der Waals surface area contributed by atoms with Crippen molar-refractivity contribution in [1.82, 2.24) is 10.2 Å². The number of ether oxygens (including phenoxy) is 1. The summed E-state index contributed by atoms with van der Waals surface area (Å²) in [4.78, 5) is 14.9. The van der Waals surface area contributed by atoms with E-state index in [0.717, 1.165) is 43.2 Å². The maximum absolute atomic E-state index is 12.5. The predicted molar refractivity (Wildman–Crippen MR) is 118 cm³/mol. The van der Waals surface area contributed by atoms with Crippen LogP contribution in [0.4, 0.5) is 0 Å². The number of piperidine rings is 1. The first-order valence-corrected chi connectivity index (χ1v) is 10.9. The van der Waals surface area contributed by atoms with Crippen LogP contribution in [0, 0.1) is 5.92 Å². The molecule has 0 unspecified atom stereocenters. The van der Waals surface area contributed by atoms with Gasteiger partial charge in [0.05, 0.1) is 6.54 Å². The molecule has 1 amide bonds. The van der Waals surface area contributed by atoms with Gasteiger partial charge in [0.25, 0.3) is 0 Å². The van der Waals surface area contributed by atoms with Crippen molar-refractivity contribution in [3.63, 3.8) is 0 Å². The number of benzene rings is 2. The topological polar surface area (TPSA) is 41.6 Å². The summed E-state index contributed by atoms with van der Waals surface area (Å²) in [6.45, 7) is 8.09. The van der Waals surface area contributed by atoms with Crippen LogP contribution in [0.2, 0.25) is 5.02 Å². The van der Waals surface area contributed by atoms with Crippen molar-refractivity contribution in [3.8, 4) is 5.75 Å². The van der Waals surface area contributed by atoms with Gasteiger partial charge in [-0.3, -0.25) is 9.69 Å². The van der Waals surface area contributed by atoms with Crippen molar-refractivity contribution in [3.05, 3.63) is 64.7 Å². The highest BCUT2D eigenvalue weighted by Gasteiger charge is 2.24. The maximum atomic E-state index is 12.5. The minimum Gasteiger partial charge on any atom is -0.491 e. The van der Waals surface area contributed by atoms with E-state index in [4.69, 9.17) is 16.3 Å². The van der Waals surface area contributed by atoms with E-state index in [2.05, 4.69) is 36.2 Å². The van der Waals surface area contributed by atoms with Gasteiger partial charge in [-0.2, -0.15) is 0 Å². The third-order valence-electron chi connectivity index (χ3n) is 5.45. The van der Waals surface area contributed by atoms with Crippen molar-refractivity contribution in [2.24, 2.45) is 5.92 Å². The van der Waals surface area contributed by atoms with Gasteiger partial charge in [0, 0.05) is 17.5 Å². The fraction of sp³-hybridized carbons (Fsp3) is 0.458. The number of nitrogens with zero attached hydrogens (tertiary/aromatic N) is 1. The molecule has 1 fully saturated rings. The summed E-state index contributed by atoms with van der Waals surface area (Å²) in [5.41, 5.74) is 2.42. The van der Waals surface area contributed by atoms with Crippen molar-refractivity contribution in [2.75, 3.05) is 26.2 Å². The molecule has 2 aromatic rings. The Morgan fingerprint density at radius 1 is 1.17 bits per heavy atom. The number of carbonyl (C=O) groups is 1. The van der Waals surface area contributed by atoms with E-state index in [1.165, 1.54) is 11.1 Å². The molecule has 5 heteroatoms. The molecule has 3 rings (SSSR count). The number of likely N-dealkylation sites (tertiary alicyclic amines) is 1. The van der Waals surface area contributed by atoms with Crippen molar-refractivity contribution >= 4 is 17.5 Å². The number of hydrogen-bond donors (Lipinski definition) is 1. The van der Waals surface area contributed by atoms with E-state index < -0.39 is 0 Å². The molecule has 29 heavy (non-hydrogen) atoms. The summed E-state index contributed by atoms with van der Waals surface area (Å²) in [7, 11) is 0. The van der Waals surface area contributed by atoms with E-state index in [0.29, 0.717) is 19.1 Å². The molecule has 0 atom stereocenters. The normalized spacial score (nSPS) is 15.4. The van der Waals surface area contributed by atoms with E-state index >= 15 is 0 Å². The van der Waals surface area contributed by atoms with E-state index in [-0.39, 0.29) is 11.8 Å². The molecular weight excluding hydrogens is 384 g/mol. The number of amides is 1. The third kappa shape index (κ3) is 6.48. The molecule has 0 radical (unpaired) electrons. The second kappa shape index (κ2) is 10.7. The van der Waals surface area contributed by atoms with E-state index in [1.807, 2.05) is 36.4 Å². The van der Waals surface area contributed by atoms with Crippen LogP contribution in [-0.4, -0.2) is 37.0 Å². The lowest BCUT2D eigenvalue weighted by Gasteiger charge is -2.31. The zero-order valence-corrected chi connectivity index (χ0v) is 18.1. The quantitative estimate of drug-likeness (QED) is 0.626. The molecule has 0 spiro atoms. The van der Waals surface area contributed by atoms with Gasteiger partial charge in [-0.1, -0.05) is 55.8 Å². The summed E-state index contributed by atoms with van der Waals surface area (Å²) in [6.07, 6.45) is 1.78. The van der Waals surface area contributed by atoms with Crippen LogP contribution < -0.4 is 10.1 Å². The summed E-state index contributed by atoms with van der Waals surface area (Å²) in [5.74, 6) is 1.56. The van der Waals surface area contributed by atoms with Gasteiger partial charge in [0.15, 0.2) is 0 Å². The van der Waals surface area contributed by atoms with E-state index in [1.54, 1.807) is 0 Å². The summed E-state index contributed by atoms with van der Waals surface area (Å²) < 4.78 is 5.90. The first-order chi connectivity index (χ1) is 14.0. The zero-order chi connectivity index (χ0) is 20.6. The van der Waals surface area contributed by atoms with Gasteiger partial charge in [0.2, 0.25) is 5.91 Å². The molecule has 0 aromatic heterocycles. The van der Waals surface area contributed by atoms with Gasteiger partial charge in [-0.05, 0) is 61.2 Å². The molecule has 2 aromatic carbocycles. The van der Waals surface area contributed by atoms with Crippen LogP contribution >= 0.6 is 11.6 Å². The number of carbonyl (C=O) groups excluding carboxylic acids is 1. The molecule has 0 bridgehead atoms. The second-order valence-corrected chi connectivity index (χ2v) is 8.45. The van der Waals surface area contributed by atoms with Gasteiger partial charge < -0.3 is 10.1 Å². The largest absolute Gasteiger partial charge is 0.491 e. The lowest BCUT2D eigenvalue weighted by Crippen LogP contribution is -2.41. The number of hydrogen-bond acceptors (Lipinski definition) is 3. The van der Waals surface area contributed by atoms with E-state index in [9.17, 15) is 4.79 Å². The van der Waals surface area contributed by atoms with Crippen molar-refractivity contribution < 1.29 is 9.53 Å². The van der Waals surface area contributed by atoms with Gasteiger partial charge >= 0.3 is 0 Å². The van der Waals surface area contributed by atoms with Crippen LogP contribution in [-0.2, 0) is 11.3 Å². The molecule has 1 saturated heterocycles. The van der Waals surface area contributed by atoms with Crippen molar-refractivity contribution in [1.29, 1.82) is 0 Å². The Kier molecular flexibility index (Phi) is 7.96. The average Bonchev–Trinajstić information content (AvgIpc) is 2.72. The molecule has 4 nitrogen and oxygen atoms in total. The SMILES string of the molecule is CC(C)c1ccccc1OCCNC(=O)C1CCN(Cc2cccc(Cl)c2)CC1. The maximum Gasteiger partial charge on any atom is 0.223 e. The highest BCUT2D eigenvalue weighted by Crippen LogP contribution is 2.25. The first-order valence-electron chi connectivity index (χ1n) is 10.5. The molecule has 0 aliphatic carbocycles. The fourth-order valence-corrected chi connectivity index (χ4v) is 4.03.